The van der Waals surface area contributed by atoms with Crippen molar-refractivity contribution in [1.29, 1.82) is 0 Å². The summed E-state index contributed by atoms with van der Waals surface area (Å²) in [6, 6.07) is 31.6. The Morgan fingerprint density at radius 3 is 1.12 bits per heavy atom. The Morgan fingerprint density at radius 1 is 0.425 bits per heavy atom. The standard InChI is InChI=1S/C34H22O6/c35-29-15-11-25-17-23(19-1-5-21(6-2-19)33(37)38)9-13-27(25)31(29)32-28-14-10-24(18-26(28)12-16-30(32)36)20-3-7-22(8-4-20)34(39)40/h1-18,35-36H,(H,37,38)(H,39,40). The van der Waals surface area contributed by atoms with Gasteiger partial charge in [-0.25, -0.2) is 9.59 Å². The number of phenols is 2. The lowest BCUT2D eigenvalue weighted by Crippen LogP contribution is -1.95. The zero-order chi connectivity index (χ0) is 28.0. The maximum Gasteiger partial charge on any atom is 0.335 e. The Morgan fingerprint density at radius 2 is 0.775 bits per heavy atom. The van der Waals surface area contributed by atoms with Gasteiger partial charge >= 0.3 is 11.9 Å². The largest absolute Gasteiger partial charge is 0.507 e. The molecule has 6 rings (SSSR count). The summed E-state index contributed by atoms with van der Waals surface area (Å²) in [5.41, 5.74) is 4.94. The molecule has 0 unspecified atom stereocenters. The summed E-state index contributed by atoms with van der Waals surface area (Å²) in [6.45, 7) is 0. The number of carboxylic acid groups (broad SMARTS) is 2. The number of benzene rings is 6. The second kappa shape index (κ2) is 9.60. The van der Waals surface area contributed by atoms with Crippen molar-refractivity contribution < 1.29 is 30.0 Å². The van der Waals surface area contributed by atoms with Crippen LogP contribution >= 0.6 is 0 Å². The molecule has 0 spiro atoms. The third-order valence-corrected chi connectivity index (χ3v) is 7.18. The van der Waals surface area contributed by atoms with E-state index in [4.69, 9.17) is 0 Å². The molecule has 0 atom stereocenters. The maximum absolute atomic E-state index is 11.2. The Balaban J connectivity index is 1.47. The van der Waals surface area contributed by atoms with E-state index in [1.54, 1.807) is 60.7 Å². The number of hydrogen-bond acceptors (Lipinski definition) is 4. The van der Waals surface area contributed by atoms with Crippen LogP contribution < -0.4 is 0 Å². The Hall–Kier alpha value is -5.62. The number of phenolic OH excluding ortho intramolecular Hbond substituents is 2. The highest BCUT2D eigenvalue weighted by Crippen LogP contribution is 2.45. The smallest absolute Gasteiger partial charge is 0.335 e. The van der Waals surface area contributed by atoms with Crippen LogP contribution in [-0.2, 0) is 0 Å². The van der Waals surface area contributed by atoms with Crippen molar-refractivity contribution in [3.8, 4) is 44.9 Å². The van der Waals surface area contributed by atoms with Crippen LogP contribution in [0.4, 0.5) is 0 Å². The molecule has 194 valence electrons. The predicted molar refractivity (Wildman–Crippen MR) is 155 cm³/mol. The number of aromatic carboxylic acids is 2. The molecule has 0 amide bonds. The molecule has 0 bridgehead atoms. The first-order valence-electron chi connectivity index (χ1n) is 12.5. The van der Waals surface area contributed by atoms with Gasteiger partial charge in [0.05, 0.1) is 11.1 Å². The quantitative estimate of drug-likeness (QED) is 0.182. The molecule has 0 aliphatic carbocycles. The fraction of sp³-hybridized carbons (Fsp3) is 0. The molecule has 0 aliphatic rings. The average Bonchev–Trinajstić information content (AvgIpc) is 2.97. The highest BCUT2D eigenvalue weighted by atomic mass is 16.4. The third kappa shape index (κ3) is 4.27. The van der Waals surface area contributed by atoms with Gasteiger partial charge < -0.3 is 20.4 Å². The molecule has 6 aromatic rings. The minimum absolute atomic E-state index is 0.0298. The SMILES string of the molecule is O=C(O)c1ccc(-c2ccc3c(-c4c(O)ccc5cc(-c6ccc(C(=O)O)cc6)ccc45)c(O)ccc3c2)cc1. The topological polar surface area (TPSA) is 115 Å². The van der Waals surface area contributed by atoms with E-state index in [9.17, 15) is 30.0 Å². The lowest BCUT2D eigenvalue weighted by atomic mass is 9.90. The molecule has 6 nitrogen and oxygen atoms in total. The summed E-state index contributed by atoms with van der Waals surface area (Å²) in [5, 5.41) is 43.6. The van der Waals surface area contributed by atoms with Crippen LogP contribution in [-0.4, -0.2) is 32.4 Å². The molecule has 4 N–H and O–H groups in total. The average molecular weight is 527 g/mol. The molecule has 0 saturated carbocycles. The summed E-state index contributed by atoms with van der Waals surface area (Å²) in [6.07, 6.45) is 0. The Bertz CT molecular complexity index is 1810. The molecular weight excluding hydrogens is 504 g/mol. The van der Waals surface area contributed by atoms with E-state index < -0.39 is 11.9 Å². The van der Waals surface area contributed by atoms with Crippen molar-refractivity contribution in [3.05, 3.63) is 120 Å². The molecular formula is C34H22O6. The minimum atomic E-state index is -0.983. The van der Waals surface area contributed by atoms with Gasteiger partial charge in [0.15, 0.2) is 0 Å². The Kier molecular flexibility index (Phi) is 5.93. The monoisotopic (exact) mass is 526 g/mol. The summed E-state index contributed by atoms with van der Waals surface area (Å²) in [7, 11) is 0. The maximum atomic E-state index is 11.2. The van der Waals surface area contributed by atoms with Crippen molar-refractivity contribution in [3.63, 3.8) is 0 Å². The van der Waals surface area contributed by atoms with Gasteiger partial charge in [-0.3, -0.25) is 0 Å². The molecule has 0 heterocycles. The lowest BCUT2D eigenvalue weighted by molar-refractivity contribution is 0.0686. The predicted octanol–water partition coefficient (Wildman–Crippen LogP) is 7.80. The van der Waals surface area contributed by atoms with Gasteiger partial charge in [0.25, 0.3) is 0 Å². The summed E-state index contributed by atoms with van der Waals surface area (Å²) >= 11 is 0. The van der Waals surface area contributed by atoms with Gasteiger partial charge in [-0.2, -0.15) is 0 Å². The first-order chi connectivity index (χ1) is 19.3. The lowest BCUT2D eigenvalue weighted by Gasteiger charge is -2.15. The fourth-order valence-electron chi connectivity index (χ4n) is 5.13. The van der Waals surface area contributed by atoms with Gasteiger partial charge in [-0.05, 0) is 92.3 Å². The van der Waals surface area contributed by atoms with Crippen LogP contribution in [0, 0.1) is 0 Å². The van der Waals surface area contributed by atoms with E-state index in [0.717, 1.165) is 43.8 Å². The van der Waals surface area contributed by atoms with E-state index in [-0.39, 0.29) is 22.6 Å². The van der Waals surface area contributed by atoms with Gasteiger partial charge in [0.1, 0.15) is 11.5 Å². The van der Waals surface area contributed by atoms with Gasteiger partial charge in [-0.1, -0.05) is 60.7 Å². The van der Waals surface area contributed by atoms with Crippen molar-refractivity contribution in [2.45, 2.75) is 0 Å². The number of hydrogen-bond donors (Lipinski definition) is 4. The second-order valence-electron chi connectivity index (χ2n) is 9.56. The molecule has 0 aliphatic heterocycles. The molecule has 6 aromatic carbocycles. The van der Waals surface area contributed by atoms with Crippen molar-refractivity contribution in [2.24, 2.45) is 0 Å². The van der Waals surface area contributed by atoms with Crippen LogP contribution in [0.5, 0.6) is 11.5 Å². The molecule has 6 heteroatoms. The molecule has 40 heavy (non-hydrogen) atoms. The summed E-state index contributed by atoms with van der Waals surface area (Å²) < 4.78 is 0. The number of carboxylic acids is 2. The van der Waals surface area contributed by atoms with E-state index >= 15 is 0 Å². The van der Waals surface area contributed by atoms with Crippen molar-refractivity contribution in [2.75, 3.05) is 0 Å². The van der Waals surface area contributed by atoms with E-state index in [2.05, 4.69) is 0 Å². The van der Waals surface area contributed by atoms with E-state index in [1.807, 2.05) is 48.5 Å². The first kappa shape index (κ1) is 24.7. The molecule has 0 saturated heterocycles. The fourth-order valence-corrected chi connectivity index (χ4v) is 5.13. The minimum Gasteiger partial charge on any atom is -0.507 e. The molecule has 0 fully saturated rings. The van der Waals surface area contributed by atoms with E-state index in [1.165, 1.54) is 0 Å². The first-order valence-corrected chi connectivity index (χ1v) is 12.5. The van der Waals surface area contributed by atoms with Crippen LogP contribution in [0.15, 0.2) is 109 Å². The summed E-state index contributed by atoms with van der Waals surface area (Å²) in [5.74, 6) is -1.91. The highest BCUT2D eigenvalue weighted by Gasteiger charge is 2.18. The molecule has 0 radical (unpaired) electrons. The molecule has 0 aromatic heterocycles. The van der Waals surface area contributed by atoms with Gasteiger partial charge in [-0.15, -0.1) is 0 Å². The van der Waals surface area contributed by atoms with Crippen LogP contribution in [0.3, 0.4) is 0 Å². The summed E-state index contributed by atoms with van der Waals surface area (Å²) in [4.78, 5) is 22.4. The van der Waals surface area contributed by atoms with Crippen LogP contribution in [0.2, 0.25) is 0 Å². The van der Waals surface area contributed by atoms with Gasteiger partial charge in [0.2, 0.25) is 0 Å². The Labute approximate surface area is 228 Å². The zero-order valence-corrected chi connectivity index (χ0v) is 21.0. The normalized spacial score (nSPS) is 11.1. The second-order valence-corrected chi connectivity index (χ2v) is 9.56. The van der Waals surface area contributed by atoms with E-state index in [0.29, 0.717) is 11.1 Å². The van der Waals surface area contributed by atoms with Crippen LogP contribution in [0.1, 0.15) is 20.7 Å². The van der Waals surface area contributed by atoms with Crippen molar-refractivity contribution in [1.82, 2.24) is 0 Å². The van der Waals surface area contributed by atoms with Gasteiger partial charge in [0, 0.05) is 11.1 Å². The zero-order valence-electron chi connectivity index (χ0n) is 21.0. The number of rotatable bonds is 5. The number of fused-ring (bicyclic) bond motifs is 2. The third-order valence-electron chi connectivity index (χ3n) is 7.18. The highest BCUT2D eigenvalue weighted by molar-refractivity contribution is 6.10. The van der Waals surface area contributed by atoms with Crippen LogP contribution in [0.25, 0.3) is 54.9 Å². The number of aromatic hydroxyl groups is 2. The van der Waals surface area contributed by atoms with Crippen molar-refractivity contribution >= 4 is 33.5 Å². The number of carbonyl (C=O) groups is 2.